The largest absolute Gasteiger partial charge is 0.441 e. The van der Waals surface area contributed by atoms with Gasteiger partial charge in [-0.3, -0.25) is 0 Å². The molecule has 1 aliphatic carbocycles. The van der Waals surface area contributed by atoms with E-state index < -0.39 is 12.2 Å². The molecule has 1 aliphatic heterocycles. The first-order chi connectivity index (χ1) is 10.7. The molecule has 3 rings (SSSR count). The second-order valence-corrected chi connectivity index (χ2v) is 6.59. The van der Waals surface area contributed by atoms with E-state index >= 15 is 0 Å². The quantitative estimate of drug-likeness (QED) is 0.846. The fraction of sp³-hybridized carbons (Fsp3) is 0.643. The Kier molecular flexibility index (Phi) is 4.47. The number of amides is 2. The number of hydroxylamine groups is 1. The number of hydrogen-bond acceptors (Lipinski definition) is 6. The number of carbonyl (C=O) groups excluding carboxylic acids is 2. The van der Waals surface area contributed by atoms with Crippen LogP contribution in [0.1, 0.15) is 37.8 Å². The van der Waals surface area contributed by atoms with Crippen LogP contribution >= 0.6 is 11.3 Å². The van der Waals surface area contributed by atoms with Crippen LogP contribution in [-0.4, -0.2) is 35.2 Å². The Labute approximate surface area is 132 Å². The van der Waals surface area contributed by atoms with E-state index in [0.717, 1.165) is 12.8 Å². The molecule has 2 amide bonds. The van der Waals surface area contributed by atoms with Crippen molar-refractivity contribution in [3.63, 3.8) is 0 Å². The predicted octanol–water partition coefficient (Wildman–Crippen LogP) is 2.69. The van der Waals surface area contributed by atoms with Gasteiger partial charge in [0.05, 0.1) is 11.2 Å². The highest BCUT2D eigenvalue weighted by atomic mass is 32.1. The highest BCUT2D eigenvalue weighted by Gasteiger charge is 2.40. The first-order valence-electron chi connectivity index (χ1n) is 7.43. The van der Waals surface area contributed by atoms with E-state index in [4.69, 9.17) is 9.57 Å². The average molecular weight is 325 g/mol. The van der Waals surface area contributed by atoms with Gasteiger partial charge in [-0.2, -0.15) is 0 Å². The summed E-state index contributed by atoms with van der Waals surface area (Å²) < 4.78 is 4.88. The molecule has 2 heterocycles. The molecular weight excluding hydrogens is 306 g/mol. The Hall–Kier alpha value is -1.83. The lowest BCUT2D eigenvalue weighted by atomic mass is 9.63. The minimum Gasteiger partial charge on any atom is -0.441 e. The van der Waals surface area contributed by atoms with Crippen molar-refractivity contribution in [2.75, 3.05) is 13.1 Å². The molecule has 1 N–H and O–H groups in total. The van der Waals surface area contributed by atoms with Gasteiger partial charge in [-0.1, -0.05) is 6.42 Å². The Morgan fingerprint density at radius 1 is 1.32 bits per heavy atom. The van der Waals surface area contributed by atoms with E-state index in [2.05, 4.69) is 4.98 Å². The number of thiazole rings is 1. The number of hydrogen-bond donors (Lipinski definition) is 1. The molecule has 120 valence electrons. The van der Waals surface area contributed by atoms with Crippen LogP contribution in [0, 0.1) is 5.41 Å². The minimum atomic E-state index is -0.797. The van der Waals surface area contributed by atoms with Gasteiger partial charge in [0.25, 0.3) is 0 Å². The number of carbonyl (C=O) groups is 2. The molecule has 0 radical (unpaired) electrons. The van der Waals surface area contributed by atoms with Gasteiger partial charge in [0.1, 0.15) is 6.61 Å². The van der Waals surface area contributed by atoms with Crippen molar-refractivity contribution in [3.8, 4) is 0 Å². The third-order valence-corrected chi connectivity index (χ3v) is 5.19. The van der Waals surface area contributed by atoms with E-state index in [9.17, 15) is 9.59 Å². The van der Waals surface area contributed by atoms with E-state index in [0.29, 0.717) is 24.2 Å². The lowest BCUT2D eigenvalue weighted by Gasteiger charge is -2.47. The lowest BCUT2D eigenvalue weighted by Crippen LogP contribution is -2.47. The maximum absolute atomic E-state index is 11.9. The van der Waals surface area contributed by atoms with Gasteiger partial charge in [-0.25, -0.2) is 14.6 Å². The Morgan fingerprint density at radius 2 is 2.09 bits per heavy atom. The summed E-state index contributed by atoms with van der Waals surface area (Å²) in [5.41, 5.74) is 4.80. The Bertz CT molecular complexity index is 520. The van der Waals surface area contributed by atoms with Gasteiger partial charge >= 0.3 is 12.2 Å². The molecule has 1 saturated heterocycles. The summed E-state index contributed by atoms with van der Waals surface area (Å²) in [6.45, 7) is 1.43. The van der Waals surface area contributed by atoms with E-state index in [1.165, 1.54) is 30.6 Å². The first-order valence-corrected chi connectivity index (χ1v) is 8.37. The maximum atomic E-state index is 11.9. The molecule has 22 heavy (non-hydrogen) atoms. The molecule has 1 spiro atoms. The zero-order valence-corrected chi connectivity index (χ0v) is 13.1. The SMILES string of the molecule is O=C(NOC(=O)N1CCC2(CCC2)CC1)OCc1cscn1. The molecule has 0 atom stereocenters. The molecule has 0 unspecified atom stereocenters. The van der Waals surface area contributed by atoms with Crippen LogP contribution in [0.15, 0.2) is 10.9 Å². The standard InChI is InChI=1S/C14H19N3O4S/c18-12(20-8-11-9-22-10-15-11)16-21-13(19)17-6-4-14(5-7-17)2-1-3-14/h9-10H,1-8H2,(H,16,18). The molecule has 2 aliphatic rings. The monoisotopic (exact) mass is 325 g/mol. The predicted molar refractivity (Wildman–Crippen MR) is 79.0 cm³/mol. The van der Waals surface area contributed by atoms with Crippen molar-refractivity contribution in [1.82, 2.24) is 15.4 Å². The molecule has 7 nitrogen and oxygen atoms in total. The maximum Gasteiger partial charge on any atom is 0.441 e. The van der Waals surface area contributed by atoms with E-state index in [-0.39, 0.29) is 6.61 Å². The fourth-order valence-corrected chi connectivity index (χ4v) is 3.51. The lowest BCUT2D eigenvalue weighted by molar-refractivity contribution is 0.00631. The Balaban J connectivity index is 1.34. The first kappa shape index (κ1) is 15.1. The van der Waals surface area contributed by atoms with Gasteiger partial charge in [0.15, 0.2) is 0 Å². The van der Waals surface area contributed by atoms with Gasteiger partial charge in [-0.15, -0.1) is 16.8 Å². The summed E-state index contributed by atoms with van der Waals surface area (Å²) in [6, 6.07) is 0. The third-order valence-electron chi connectivity index (χ3n) is 4.55. The molecule has 1 aromatic rings. The zero-order chi connectivity index (χ0) is 15.4. The highest BCUT2D eigenvalue weighted by molar-refractivity contribution is 7.07. The number of aromatic nitrogens is 1. The topological polar surface area (TPSA) is 80.8 Å². The minimum absolute atomic E-state index is 0.0547. The van der Waals surface area contributed by atoms with Crippen molar-refractivity contribution in [1.29, 1.82) is 0 Å². The van der Waals surface area contributed by atoms with Gasteiger partial charge in [0.2, 0.25) is 0 Å². The summed E-state index contributed by atoms with van der Waals surface area (Å²) in [5.74, 6) is 0. The van der Waals surface area contributed by atoms with Crippen LogP contribution < -0.4 is 5.48 Å². The summed E-state index contributed by atoms with van der Waals surface area (Å²) in [4.78, 5) is 33.7. The van der Waals surface area contributed by atoms with Gasteiger partial charge in [-0.05, 0) is 31.1 Å². The normalized spacial score (nSPS) is 19.4. The molecular formula is C14H19N3O4S. The van der Waals surface area contributed by atoms with Crippen molar-refractivity contribution < 1.29 is 19.2 Å². The van der Waals surface area contributed by atoms with Crippen LogP contribution in [-0.2, 0) is 16.2 Å². The van der Waals surface area contributed by atoms with E-state index in [1.807, 2.05) is 5.48 Å². The molecule has 1 aromatic heterocycles. The molecule has 1 saturated carbocycles. The van der Waals surface area contributed by atoms with Crippen LogP contribution in [0.25, 0.3) is 0 Å². The number of likely N-dealkylation sites (tertiary alicyclic amines) is 1. The smallest absolute Gasteiger partial charge is 0.441 e. The second-order valence-electron chi connectivity index (χ2n) is 5.87. The average Bonchev–Trinajstić information content (AvgIpc) is 3.02. The summed E-state index contributed by atoms with van der Waals surface area (Å²) in [5, 5.41) is 1.78. The number of ether oxygens (including phenoxy) is 1. The summed E-state index contributed by atoms with van der Waals surface area (Å²) in [6.07, 6.45) is 4.58. The van der Waals surface area contributed by atoms with Crippen LogP contribution in [0.3, 0.4) is 0 Å². The fourth-order valence-electron chi connectivity index (χ4n) is 2.97. The van der Waals surface area contributed by atoms with Crippen LogP contribution in [0.5, 0.6) is 0 Å². The number of rotatable bonds is 2. The van der Waals surface area contributed by atoms with Crippen LogP contribution in [0.4, 0.5) is 9.59 Å². The molecule has 8 heteroatoms. The van der Waals surface area contributed by atoms with Crippen molar-refractivity contribution in [3.05, 3.63) is 16.6 Å². The second kappa shape index (κ2) is 6.51. The van der Waals surface area contributed by atoms with E-state index in [1.54, 1.807) is 15.8 Å². The van der Waals surface area contributed by atoms with Crippen molar-refractivity contribution in [2.45, 2.75) is 38.7 Å². The molecule has 0 bridgehead atoms. The van der Waals surface area contributed by atoms with Gasteiger partial charge < -0.3 is 14.5 Å². The third kappa shape index (κ3) is 3.49. The molecule has 0 aromatic carbocycles. The van der Waals surface area contributed by atoms with Crippen molar-refractivity contribution >= 4 is 23.5 Å². The van der Waals surface area contributed by atoms with Gasteiger partial charge in [0, 0.05) is 18.5 Å². The summed E-state index contributed by atoms with van der Waals surface area (Å²) in [7, 11) is 0. The summed E-state index contributed by atoms with van der Waals surface area (Å²) >= 11 is 1.42. The number of nitrogens with one attached hydrogen (secondary N) is 1. The highest BCUT2D eigenvalue weighted by Crippen LogP contribution is 2.48. The van der Waals surface area contributed by atoms with Crippen molar-refractivity contribution in [2.24, 2.45) is 5.41 Å². The molecule has 2 fully saturated rings. The number of nitrogens with zero attached hydrogens (tertiary/aromatic N) is 2. The zero-order valence-electron chi connectivity index (χ0n) is 12.2. The number of piperidine rings is 1. The van der Waals surface area contributed by atoms with Crippen LogP contribution in [0.2, 0.25) is 0 Å². The Morgan fingerprint density at radius 3 is 2.68 bits per heavy atom.